The molecule has 174 valence electrons. The number of rotatable bonds is 10. The Balaban J connectivity index is 1.60. The van der Waals surface area contributed by atoms with Gasteiger partial charge in [-0.05, 0) is 111 Å². The largest absolute Gasteiger partial charge is 0.294 e. The van der Waals surface area contributed by atoms with Crippen molar-refractivity contribution in [1.29, 1.82) is 0 Å². The predicted molar refractivity (Wildman–Crippen MR) is 142 cm³/mol. The minimum atomic E-state index is 0.311. The summed E-state index contributed by atoms with van der Waals surface area (Å²) in [5, 5.41) is 0. The maximum Gasteiger partial charge on any atom is 0.161 e. The number of allylic oxidation sites excluding steroid dienone is 3. The van der Waals surface area contributed by atoms with E-state index in [4.69, 9.17) is 12.2 Å². The summed E-state index contributed by atoms with van der Waals surface area (Å²) in [6.45, 7) is 10.6. The second-order valence-corrected chi connectivity index (χ2v) is 11.0. The van der Waals surface area contributed by atoms with Gasteiger partial charge in [0.05, 0.1) is 0 Å². The number of benzene rings is 1. The molecule has 0 spiro atoms. The zero-order chi connectivity index (χ0) is 23.1. The van der Waals surface area contributed by atoms with Crippen molar-refractivity contribution in [3.8, 4) is 0 Å². The Morgan fingerprint density at radius 1 is 1.16 bits per heavy atom. The Morgan fingerprint density at radius 3 is 2.59 bits per heavy atom. The van der Waals surface area contributed by atoms with E-state index in [1.807, 2.05) is 6.08 Å². The number of hydrogen-bond acceptors (Lipinski definition) is 2. The molecule has 3 rings (SSSR count). The van der Waals surface area contributed by atoms with Crippen molar-refractivity contribution in [2.24, 2.45) is 17.8 Å². The molecule has 1 aromatic carbocycles. The molecule has 0 aromatic heterocycles. The Bertz CT molecular complexity index is 856. The second-order valence-electron chi connectivity index (χ2n) is 10.4. The van der Waals surface area contributed by atoms with Crippen LogP contribution in [0.3, 0.4) is 0 Å². The Labute approximate surface area is 201 Å². The van der Waals surface area contributed by atoms with Crippen molar-refractivity contribution in [2.45, 2.75) is 97.8 Å². The highest BCUT2D eigenvalue weighted by atomic mass is 32.1. The molecule has 0 bridgehead atoms. The van der Waals surface area contributed by atoms with Gasteiger partial charge in [-0.15, -0.1) is 6.58 Å². The molecule has 2 aliphatic rings. The molecule has 0 radical (unpaired) electrons. The third-order valence-electron chi connectivity index (χ3n) is 7.77. The molecular weight excluding hydrogens is 408 g/mol. The van der Waals surface area contributed by atoms with Gasteiger partial charge in [0.25, 0.3) is 0 Å². The molecule has 0 aliphatic heterocycles. The lowest BCUT2D eigenvalue weighted by atomic mass is 9.83. The van der Waals surface area contributed by atoms with Crippen LogP contribution in [-0.4, -0.2) is 10.6 Å². The zero-order valence-corrected chi connectivity index (χ0v) is 21.4. The van der Waals surface area contributed by atoms with Gasteiger partial charge in [0.15, 0.2) is 5.78 Å². The van der Waals surface area contributed by atoms with Crippen LogP contribution in [0.4, 0.5) is 0 Å². The Morgan fingerprint density at radius 2 is 1.88 bits per heavy atom. The summed E-state index contributed by atoms with van der Waals surface area (Å²) in [5.41, 5.74) is 6.80. The number of aryl methyl sites for hydroxylation is 2. The van der Waals surface area contributed by atoms with Crippen molar-refractivity contribution in [3.63, 3.8) is 0 Å². The summed E-state index contributed by atoms with van der Waals surface area (Å²) in [7, 11) is 0. The summed E-state index contributed by atoms with van der Waals surface area (Å²) in [4.78, 5) is 14.2. The molecule has 0 amide bonds. The maximum absolute atomic E-state index is 13.0. The number of ketones is 1. The van der Waals surface area contributed by atoms with E-state index in [0.717, 1.165) is 61.8 Å². The lowest BCUT2D eigenvalue weighted by Crippen LogP contribution is -2.19. The van der Waals surface area contributed by atoms with Gasteiger partial charge in [-0.1, -0.05) is 61.8 Å². The predicted octanol–water partition coefficient (Wildman–Crippen LogP) is 8.24. The third-order valence-corrected chi connectivity index (χ3v) is 8.12. The number of carbonyl (C=O) groups is 1. The van der Waals surface area contributed by atoms with Crippen molar-refractivity contribution in [1.82, 2.24) is 0 Å². The maximum atomic E-state index is 13.0. The molecule has 1 nitrogen and oxygen atoms in total. The first-order chi connectivity index (χ1) is 15.4. The van der Waals surface area contributed by atoms with Gasteiger partial charge in [0.1, 0.15) is 0 Å². The van der Waals surface area contributed by atoms with Crippen LogP contribution in [0.15, 0.2) is 36.4 Å². The summed E-state index contributed by atoms with van der Waals surface area (Å²) in [6, 6.07) is 4.69. The van der Waals surface area contributed by atoms with Crippen molar-refractivity contribution >= 4 is 22.9 Å². The fourth-order valence-corrected chi connectivity index (χ4v) is 6.10. The molecular formula is C30H42OS. The Hall–Kier alpha value is -1.54. The minimum absolute atomic E-state index is 0.311. The standard InChI is InChI=1S/C30H42OS/c1-5-6-13-28(32)20-27-18-21(2)17-26(23(27)4)16-15-24-10-9-14-29(22(3)19-24)30(31)25-11-7-8-12-25/h5,14,17-18,22,24-25H,1,6-13,15-16,19-20H2,2-4H3/t22-,24?/m0/s1. The summed E-state index contributed by atoms with van der Waals surface area (Å²) >= 11 is 5.63. The SMILES string of the molecule is C=CCCC(=S)Cc1cc(C)cc(CCC2CCC=C(C(=O)C3CCCC3)[C@@H](C)C2)c1C. The van der Waals surface area contributed by atoms with Crippen LogP contribution in [-0.2, 0) is 17.6 Å². The molecule has 1 saturated carbocycles. The van der Waals surface area contributed by atoms with Crippen molar-refractivity contribution in [2.75, 3.05) is 0 Å². The monoisotopic (exact) mass is 450 g/mol. The van der Waals surface area contributed by atoms with Gasteiger partial charge in [-0.25, -0.2) is 0 Å². The van der Waals surface area contributed by atoms with E-state index in [0.29, 0.717) is 23.5 Å². The second kappa shape index (κ2) is 12.1. The van der Waals surface area contributed by atoms with Crippen molar-refractivity contribution in [3.05, 3.63) is 58.7 Å². The molecule has 2 aliphatic carbocycles. The number of Topliss-reactive ketones (excluding diaryl/α,β-unsaturated/α-hetero) is 1. The van der Waals surface area contributed by atoms with E-state index in [2.05, 4.69) is 45.6 Å². The molecule has 0 N–H and O–H groups in total. The average molecular weight is 451 g/mol. The number of thiocarbonyl (C=S) groups is 1. The van der Waals surface area contributed by atoms with Gasteiger partial charge >= 0.3 is 0 Å². The van der Waals surface area contributed by atoms with E-state index in [9.17, 15) is 4.79 Å². The van der Waals surface area contributed by atoms with Crippen molar-refractivity contribution < 1.29 is 4.79 Å². The smallest absolute Gasteiger partial charge is 0.161 e. The van der Waals surface area contributed by atoms with E-state index in [-0.39, 0.29) is 0 Å². The first-order valence-corrected chi connectivity index (χ1v) is 13.3. The molecule has 0 saturated heterocycles. The van der Waals surface area contributed by atoms with E-state index in [1.54, 1.807) is 0 Å². The first-order valence-electron chi connectivity index (χ1n) is 12.8. The van der Waals surface area contributed by atoms with Crippen LogP contribution >= 0.6 is 12.2 Å². The normalized spacial score (nSPS) is 21.8. The van der Waals surface area contributed by atoms with Gasteiger partial charge in [-0.2, -0.15) is 0 Å². The molecule has 2 atom stereocenters. The lowest BCUT2D eigenvalue weighted by molar-refractivity contribution is -0.119. The van der Waals surface area contributed by atoms with Crippen LogP contribution in [0.25, 0.3) is 0 Å². The molecule has 1 unspecified atom stereocenters. The molecule has 2 heteroatoms. The lowest BCUT2D eigenvalue weighted by Gasteiger charge is -2.21. The summed E-state index contributed by atoms with van der Waals surface area (Å²) in [5.74, 6) is 1.90. The van der Waals surface area contributed by atoms with Crippen LogP contribution in [0.2, 0.25) is 0 Å². The van der Waals surface area contributed by atoms with Gasteiger partial charge in [0.2, 0.25) is 0 Å². The average Bonchev–Trinajstić information content (AvgIpc) is 3.23. The van der Waals surface area contributed by atoms with Crippen LogP contribution < -0.4 is 0 Å². The topological polar surface area (TPSA) is 17.1 Å². The Kier molecular flexibility index (Phi) is 9.46. The molecule has 1 fully saturated rings. The molecule has 32 heavy (non-hydrogen) atoms. The minimum Gasteiger partial charge on any atom is -0.294 e. The highest BCUT2D eigenvalue weighted by molar-refractivity contribution is 7.80. The number of carbonyl (C=O) groups excluding carboxylic acids is 1. The van der Waals surface area contributed by atoms with E-state index in [1.165, 1.54) is 47.9 Å². The quantitative estimate of drug-likeness (QED) is 0.264. The van der Waals surface area contributed by atoms with Crippen LogP contribution in [0, 0.1) is 31.6 Å². The fraction of sp³-hybridized carbons (Fsp3) is 0.600. The molecule has 1 aromatic rings. The fourth-order valence-electron chi connectivity index (χ4n) is 5.83. The number of hydrogen-bond donors (Lipinski definition) is 0. The summed E-state index contributed by atoms with van der Waals surface area (Å²) < 4.78 is 0. The van der Waals surface area contributed by atoms with Gasteiger partial charge in [0, 0.05) is 12.3 Å². The van der Waals surface area contributed by atoms with E-state index >= 15 is 0 Å². The highest BCUT2D eigenvalue weighted by Gasteiger charge is 2.30. The zero-order valence-electron chi connectivity index (χ0n) is 20.6. The van der Waals surface area contributed by atoms with E-state index < -0.39 is 0 Å². The highest BCUT2D eigenvalue weighted by Crippen LogP contribution is 2.36. The first kappa shape index (κ1) is 25.1. The van der Waals surface area contributed by atoms with Crippen LogP contribution in [0.5, 0.6) is 0 Å². The van der Waals surface area contributed by atoms with Crippen LogP contribution in [0.1, 0.15) is 93.4 Å². The molecule has 0 heterocycles. The summed E-state index contributed by atoms with van der Waals surface area (Å²) in [6.07, 6.45) is 17.6. The third kappa shape index (κ3) is 6.73. The van der Waals surface area contributed by atoms with Gasteiger partial charge < -0.3 is 0 Å². The van der Waals surface area contributed by atoms with Gasteiger partial charge in [-0.3, -0.25) is 4.79 Å².